The molecule has 0 saturated carbocycles. The molecular formula is C12H18FNOS. The molecule has 2 atom stereocenters. The van der Waals surface area contributed by atoms with Gasteiger partial charge >= 0.3 is 0 Å². The summed E-state index contributed by atoms with van der Waals surface area (Å²) in [6.45, 7) is 4.35. The zero-order valence-corrected chi connectivity index (χ0v) is 10.5. The van der Waals surface area contributed by atoms with Crippen LogP contribution >= 0.6 is 0 Å². The van der Waals surface area contributed by atoms with Gasteiger partial charge in [-0.1, -0.05) is 13.0 Å². The molecule has 0 aliphatic carbocycles. The highest BCUT2D eigenvalue weighted by molar-refractivity contribution is 7.84. The zero-order chi connectivity index (χ0) is 12.1. The van der Waals surface area contributed by atoms with Crippen LogP contribution in [0.15, 0.2) is 18.2 Å². The maximum Gasteiger partial charge on any atom is 0.123 e. The van der Waals surface area contributed by atoms with Crippen LogP contribution in [0.5, 0.6) is 0 Å². The molecule has 0 aliphatic heterocycles. The SMILES string of the molecule is Cc1ccc(F)cc1CS(=O)C(C)CCN. The maximum absolute atomic E-state index is 13.0. The fourth-order valence-corrected chi connectivity index (χ4v) is 2.76. The molecule has 0 bridgehead atoms. The lowest BCUT2D eigenvalue weighted by molar-refractivity contribution is 0.625. The third kappa shape index (κ3) is 3.68. The molecule has 0 amide bonds. The quantitative estimate of drug-likeness (QED) is 0.860. The average molecular weight is 243 g/mol. The van der Waals surface area contributed by atoms with Crippen molar-refractivity contribution in [3.63, 3.8) is 0 Å². The Morgan fingerprint density at radius 1 is 1.50 bits per heavy atom. The Kier molecular flexibility index (Phi) is 5.09. The van der Waals surface area contributed by atoms with Crippen LogP contribution in [0.3, 0.4) is 0 Å². The van der Waals surface area contributed by atoms with Gasteiger partial charge in [0.2, 0.25) is 0 Å². The first-order valence-electron chi connectivity index (χ1n) is 5.37. The van der Waals surface area contributed by atoms with Crippen LogP contribution in [-0.4, -0.2) is 16.0 Å². The molecule has 0 saturated heterocycles. The predicted octanol–water partition coefficient (Wildman–Crippen LogP) is 2.12. The van der Waals surface area contributed by atoms with Crippen LogP contribution in [0.2, 0.25) is 0 Å². The van der Waals surface area contributed by atoms with Gasteiger partial charge in [-0.25, -0.2) is 4.39 Å². The monoisotopic (exact) mass is 243 g/mol. The molecule has 90 valence electrons. The molecule has 0 heterocycles. The molecule has 1 aromatic rings. The van der Waals surface area contributed by atoms with E-state index in [9.17, 15) is 8.60 Å². The molecule has 1 rings (SSSR count). The van der Waals surface area contributed by atoms with Crippen molar-refractivity contribution < 1.29 is 8.60 Å². The highest BCUT2D eigenvalue weighted by Crippen LogP contribution is 2.15. The minimum absolute atomic E-state index is 0.0627. The Labute approximate surface area is 98.5 Å². The molecule has 2 nitrogen and oxygen atoms in total. The lowest BCUT2D eigenvalue weighted by Gasteiger charge is -2.11. The number of benzene rings is 1. The molecule has 0 aromatic heterocycles. The summed E-state index contributed by atoms with van der Waals surface area (Å²) in [5.74, 6) is 0.133. The number of hydrogen-bond donors (Lipinski definition) is 1. The summed E-state index contributed by atoms with van der Waals surface area (Å²) in [6, 6.07) is 4.60. The lowest BCUT2D eigenvalue weighted by Crippen LogP contribution is -2.17. The van der Waals surface area contributed by atoms with Crippen molar-refractivity contribution in [2.75, 3.05) is 6.54 Å². The molecule has 0 fully saturated rings. The molecule has 2 unspecified atom stereocenters. The van der Waals surface area contributed by atoms with Crippen molar-refractivity contribution in [1.82, 2.24) is 0 Å². The maximum atomic E-state index is 13.0. The third-order valence-corrected chi connectivity index (χ3v) is 4.36. The van der Waals surface area contributed by atoms with Crippen LogP contribution < -0.4 is 5.73 Å². The molecule has 0 aliphatic rings. The van der Waals surface area contributed by atoms with E-state index in [2.05, 4.69) is 0 Å². The summed E-state index contributed by atoms with van der Waals surface area (Å²) in [4.78, 5) is 0. The van der Waals surface area contributed by atoms with Crippen LogP contribution in [0.25, 0.3) is 0 Å². The molecule has 2 N–H and O–H groups in total. The zero-order valence-electron chi connectivity index (χ0n) is 9.70. The molecule has 0 spiro atoms. The van der Waals surface area contributed by atoms with E-state index in [4.69, 9.17) is 5.73 Å². The van der Waals surface area contributed by atoms with Gasteiger partial charge in [-0.05, 0) is 43.1 Å². The number of hydrogen-bond acceptors (Lipinski definition) is 2. The van der Waals surface area contributed by atoms with E-state index in [0.717, 1.165) is 17.5 Å². The van der Waals surface area contributed by atoms with Gasteiger partial charge in [-0.15, -0.1) is 0 Å². The topological polar surface area (TPSA) is 43.1 Å². The fraction of sp³-hybridized carbons (Fsp3) is 0.500. The van der Waals surface area contributed by atoms with Crippen LogP contribution in [-0.2, 0) is 16.6 Å². The van der Waals surface area contributed by atoms with Gasteiger partial charge in [0.1, 0.15) is 5.82 Å². The Morgan fingerprint density at radius 3 is 2.81 bits per heavy atom. The highest BCUT2D eigenvalue weighted by Gasteiger charge is 2.12. The first kappa shape index (κ1) is 13.3. The van der Waals surface area contributed by atoms with Crippen LogP contribution in [0, 0.1) is 12.7 Å². The minimum Gasteiger partial charge on any atom is -0.330 e. The summed E-state index contributed by atoms with van der Waals surface area (Å²) in [5.41, 5.74) is 7.22. The number of aryl methyl sites for hydroxylation is 1. The standard InChI is InChI=1S/C12H18FNOS/c1-9-3-4-12(13)7-11(9)8-16(15)10(2)5-6-14/h3-4,7,10H,5-6,8,14H2,1-2H3. The van der Waals surface area contributed by atoms with Crippen molar-refractivity contribution in [2.24, 2.45) is 5.73 Å². The first-order valence-corrected chi connectivity index (χ1v) is 6.75. The summed E-state index contributed by atoms with van der Waals surface area (Å²) < 4.78 is 24.9. The summed E-state index contributed by atoms with van der Waals surface area (Å²) in [5, 5.41) is 0.0627. The first-order chi connectivity index (χ1) is 7.54. The summed E-state index contributed by atoms with van der Waals surface area (Å²) in [6.07, 6.45) is 0.737. The summed E-state index contributed by atoms with van der Waals surface area (Å²) >= 11 is 0. The van der Waals surface area contributed by atoms with Crippen molar-refractivity contribution in [3.8, 4) is 0 Å². The van der Waals surface area contributed by atoms with Crippen molar-refractivity contribution in [3.05, 3.63) is 35.1 Å². The van der Waals surface area contributed by atoms with E-state index in [0.29, 0.717) is 12.3 Å². The second kappa shape index (κ2) is 6.11. The molecule has 0 radical (unpaired) electrons. The van der Waals surface area contributed by atoms with Crippen molar-refractivity contribution >= 4 is 10.8 Å². The predicted molar refractivity (Wildman–Crippen MR) is 66.1 cm³/mol. The Bertz CT molecular complexity index is 381. The summed E-state index contributed by atoms with van der Waals surface area (Å²) in [7, 11) is -0.981. The van der Waals surface area contributed by atoms with Crippen molar-refractivity contribution in [2.45, 2.75) is 31.3 Å². The number of rotatable bonds is 5. The van der Waals surface area contributed by atoms with E-state index in [1.807, 2.05) is 13.8 Å². The van der Waals surface area contributed by atoms with Gasteiger partial charge in [0.15, 0.2) is 0 Å². The second-order valence-corrected chi connectivity index (χ2v) is 5.84. The lowest BCUT2D eigenvalue weighted by atomic mass is 10.1. The Morgan fingerprint density at radius 2 is 2.19 bits per heavy atom. The van der Waals surface area contributed by atoms with Crippen LogP contribution in [0.1, 0.15) is 24.5 Å². The normalized spacial score (nSPS) is 14.8. The van der Waals surface area contributed by atoms with Gasteiger partial charge in [0, 0.05) is 21.8 Å². The fourth-order valence-electron chi connectivity index (χ4n) is 1.46. The van der Waals surface area contributed by atoms with Crippen LogP contribution in [0.4, 0.5) is 4.39 Å². The van der Waals surface area contributed by atoms with Gasteiger partial charge < -0.3 is 5.73 Å². The number of halogens is 1. The third-order valence-electron chi connectivity index (χ3n) is 2.63. The highest BCUT2D eigenvalue weighted by atomic mass is 32.2. The van der Waals surface area contributed by atoms with Crippen molar-refractivity contribution in [1.29, 1.82) is 0 Å². The largest absolute Gasteiger partial charge is 0.330 e. The molecule has 1 aromatic carbocycles. The van der Waals surface area contributed by atoms with E-state index in [1.165, 1.54) is 12.1 Å². The second-order valence-electron chi connectivity index (χ2n) is 3.98. The van der Waals surface area contributed by atoms with E-state index in [1.54, 1.807) is 6.07 Å². The Hall–Kier alpha value is -0.740. The van der Waals surface area contributed by atoms with E-state index >= 15 is 0 Å². The van der Waals surface area contributed by atoms with Gasteiger partial charge in [-0.2, -0.15) is 0 Å². The molecule has 16 heavy (non-hydrogen) atoms. The Balaban J connectivity index is 2.72. The smallest absolute Gasteiger partial charge is 0.123 e. The van der Waals surface area contributed by atoms with Gasteiger partial charge in [0.05, 0.1) is 0 Å². The van der Waals surface area contributed by atoms with Gasteiger partial charge in [-0.3, -0.25) is 4.21 Å². The van der Waals surface area contributed by atoms with E-state index < -0.39 is 10.8 Å². The van der Waals surface area contributed by atoms with Gasteiger partial charge in [0.25, 0.3) is 0 Å². The average Bonchev–Trinajstić information content (AvgIpc) is 2.23. The molecule has 4 heteroatoms. The molecular weight excluding hydrogens is 225 g/mol. The number of nitrogens with two attached hydrogens (primary N) is 1. The minimum atomic E-state index is -0.981. The van der Waals surface area contributed by atoms with E-state index in [-0.39, 0.29) is 11.1 Å².